The molecule has 1 aliphatic rings. The highest BCUT2D eigenvalue weighted by Crippen LogP contribution is 2.30. The van der Waals surface area contributed by atoms with Crippen molar-refractivity contribution in [2.45, 2.75) is 11.3 Å². The monoisotopic (exact) mass is 477 g/mol. The van der Waals surface area contributed by atoms with Crippen LogP contribution in [0.15, 0.2) is 52.7 Å². The highest BCUT2D eigenvalue weighted by molar-refractivity contribution is 7.90. The third kappa shape index (κ3) is 4.53. The second-order valence-corrected chi connectivity index (χ2v) is 10.2. The van der Waals surface area contributed by atoms with Gasteiger partial charge in [0.25, 0.3) is 0 Å². The predicted octanol–water partition coefficient (Wildman–Crippen LogP) is 3.48. The number of hydrogen-bond acceptors (Lipinski definition) is 6. The van der Waals surface area contributed by atoms with Gasteiger partial charge in [0.1, 0.15) is 11.6 Å². The van der Waals surface area contributed by atoms with E-state index in [0.717, 1.165) is 17.2 Å². The van der Waals surface area contributed by atoms with Gasteiger partial charge in [0, 0.05) is 36.2 Å². The lowest BCUT2D eigenvalue weighted by Crippen LogP contribution is -2.28. The fourth-order valence-electron chi connectivity index (χ4n) is 3.36. The third-order valence-corrected chi connectivity index (χ3v) is 6.90. The zero-order valence-electron chi connectivity index (χ0n) is 16.7. The molecule has 1 unspecified atom stereocenters. The van der Waals surface area contributed by atoms with Crippen LogP contribution in [0.3, 0.4) is 0 Å². The van der Waals surface area contributed by atoms with Gasteiger partial charge in [-0.1, -0.05) is 12.1 Å². The zero-order chi connectivity index (χ0) is 23.0. The molecule has 0 bridgehead atoms. The Balaban J connectivity index is 1.44. The van der Waals surface area contributed by atoms with Gasteiger partial charge in [-0.05, 0) is 24.3 Å². The fraction of sp³-hybridized carbons (Fsp3) is 0.190. The lowest BCUT2D eigenvalue weighted by atomic mass is 10.1. The summed E-state index contributed by atoms with van der Waals surface area (Å²) in [5.74, 6) is -3.20. The van der Waals surface area contributed by atoms with E-state index in [1.54, 1.807) is 17.5 Å². The molecule has 1 fully saturated rings. The Morgan fingerprint density at radius 2 is 1.91 bits per heavy atom. The van der Waals surface area contributed by atoms with E-state index in [4.69, 9.17) is 0 Å². The largest absolute Gasteiger partial charge is 0.309 e. The number of amides is 2. The van der Waals surface area contributed by atoms with Crippen molar-refractivity contribution < 1.29 is 26.8 Å². The number of thiazole rings is 1. The van der Waals surface area contributed by atoms with Crippen molar-refractivity contribution in [3.05, 3.63) is 59.5 Å². The molecule has 0 aliphatic carbocycles. The van der Waals surface area contributed by atoms with E-state index >= 15 is 0 Å². The summed E-state index contributed by atoms with van der Waals surface area (Å²) in [6.45, 7) is -0.0294. The van der Waals surface area contributed by atoms with Crippen LogP contribution in [0.25, 0.3) is 11.3 Å². The van der Waals surface area contributed by atoms with E-state index in [2.05, 4.69) is 10.3 Å². The summed E-state index contributed by atoms with van der Waals surface area (Å²) in [6.07, 6.45) is 1.02. The van der Waals surface area contributed by atoms with Crippen LogP contribution in [0, 0.1) is 17.6 Å². The molecule has 0 spiro atoms. The first kappa shape index (κ1) is 22.0. The second kappa shape index (κ2) is 8.40. The molecular formula is C21H17F2N3O4S2. The Kier molecular flexibility index (Phi) is 5.78. The summed E-state index contributed by atoms with van der Waals surface area (Å²) in [4.78, 5) is 30.6. The minimum absolute atomic E-state index is 0.0294. The molecule has 4 rings (SSSR count). The Hall–Kier alpha value is -3.18. The maximum atomic E-state index is 14.0. The summed E-state index contributed by atoms with van der Waals surface area (Å²) in [5, 5.41) is 4.70. The van der Waals surface area contributed by atoms with Gasteiger partial charge in [0.15, 0.2) is 15.0 Å². The number of halogens is 2. The number of anilines is 2. The Morgan fingerprint density at radius 3 is 2.56 bits per heavy atom. The van der Waals surface area contributed by atoms with Crippen molar-refractivity contribution in [1.82, 2.24) is 4.98 Å². The lowest BCUT2D eigenvalue weighted by Gasteiger charge is -2.17. The number of rotatable bonds is 5. The minimum Gasteiger partial charge on any atom is -0.309 e. The Bertz CT molecular complexity index is 1310. The average molecular weight is 478 g/mol. The first-order valence-corrected chi connectivity index (χ1v) is 12.2. The van der Waals surface area contributed by atoms with Crippen molar-refractivity contribution in [3.8, 4) is 11.3 Å². The molecular weight excluding hydrogens is 460 g/mol. The molecule has 1 aliphatic heterocycles. The van der Waals surface area contributed by atoms with E-state index < -0.39 is 39.2 Å². The fourth-order valence-corrected chi connectivity index (χ4v) is 4.71. The predicted molar refractivity (Wildman–Crippen MR) is 116 cm³/mol. The Labute approximate surface area is 186 Å². The van der Waals surface area contributed by atoms with Crippen LogP contribution < -0.4 is 10.2 Å². The first-order valence-electron chi connectivity index (χ1n) is 9.44. The van der Waals surface area contributed by atoms with Gasteiger partial charge in [-0.3, -0.25) is 9.59 Å². The quantitative estimate of drug-likeness (QED) is 0.607. The number of benzene rings is 2. The molecule has 0 saturated carbocycles. The summed E-state index contributed by atoms with van der Waals surface area (Å²) in [7, 11) is -3.30. The molecule has 1 atom stereocenters. The van der Waals surface area contributed by atoms with E-state index in [1.807, 2.05) is 0 Å². The molecule has 1 saturated heterocycles. The lowest BCUT2D eigenvalue weighted by molar-refractivity contribution is -0.122. The van der Waals surface area contributed by atoms with Crippen molar-refractivity contribution in [2.24, 2.45) is 5.92 Å². The van der Waals surface area contributed by atoms with Crippen LogP contribution in [0.1, 0.15) is 6.42 Å². The third-order valence-electron chi connectivity index (χ3n) is 5.01. The van der Waals surface area contributed by atoms with Crippen molar-refractivity contribution in [3.63, 3.8) is 0 Å². The standard InChI is InChI=1S/C21H17F2N3O4S2/c1-32(29,30)15-5-2-12(3-6-15)17-11-31-21(24-17)25-20(28)13-8-19(27)26(10-13)18-7-4-14(22)9-16(18)23/h2-7,9,11,13H,8,10H2,1H3,(H,24,25,28). The molecule has 3 aromatic rings. The Morgan fingerprint density at radius 1 is 1.19 bits per heavy atom. The number of sulfone groups is 1. The normalized spacial score (nSPS) is 16.4. The van der Waals surface area contributed by atoms with Crippen LogP contribution in [0.5, 0.6) is 0 Å². The molecule has 2 amide bonds. The van der Waals surface area contributed by atoms with Crippen LogP contribution >= 0.6 is 11.3 Å². The number of nitrogens with one attached hydrogen (secondary N) is 1. The molecule has 166 valence electrons. The summed E-state index contributed by atoms with van der Waals surface area (Å²) in [5.41, 5.74) is 1.17. The van der Waals surface area contributed by atoms with Crippen molar-refractivity contribution >= 4 is 43.8 Å². The van der Waals surface area contributed by atoms with Crippen LogP contribution in [-0.2, 0) is 19.4 Å². The molecule has 2 aromatic carbocycles. The van der Waals surface area contributed by atoms with Gasteiger partial charge in [-0.15, -0.1) is 11.3 Å². The SMILES string of the molecule is CS(=O)(=O)c1ccc(-c2csc(NC(=O)C3CC(=O)N(c4ccc(F)cc4F)C3)n2)cc1. The summed E-state index contributed by atoms with van der Waals surface area (Å²) >= 11 is 1.18. The minimum atomic E-state index is -3.30. The molecule has 1 N–H and O–H groups in total. The number of nitrogens with zero attached hydrogens (tertiary/aromatic N) is 2. The van der Waals surface area contributed by atoms with Crippen LogP contribution in [0.2, 0.25) is 0 Å². The smallest absolute Gasteiger partial charge is 0.231 e. The van der Waals surface area contributed by atoms with Gasteiger partial charge in [0.05, 0.1) is 22.2 Å². The van der Waals surface area contributed by atoms with E-state index in [9.17, 15) is 26.8 Å². The topological polar surface area (TPSA) is 96.4 Å². The number of carbonyl (C=O) groups excluding carboxylic acids is 2. The summed E-state index contributed by atoms with van der Waals surface area (Å²) in [6, 6.07) is 9.13. The number of hydrogen-bond donors (Lipinski definition) is 1. The van der Waals surface area contributed by atoms with Gasteiger partial charge < -0.3 is 10.2 Å². The highest BCUT2D eigenvalue weighted by Gasteiger charge is 2.36. The molecule has 2 heterocycles. The number of carbonyl (C=O) groups is 2. The molecule has 11 heteroatoms. The first-order chi connectivity index (χ1) is 15.1. The van der Waals surface area contributed by atoms with Gasteiger partial charge in [0.2, 0.25) is 11.8 Å². The zero-order valence-corrected chi connectivity index (χ0v) is 18.3. The van der Waals surface area contributed by atoms with Crippen molar-refractivity contribution in [1.29, 1.82) is 0 Å². The molecule has 32 heavy (non-hydrogen) atoms. The van der Waals surface area contributed by atoms with Gasteiger partial charge >= 0.3 is 0 Å². The van der Waals surface area contributed by atoms with Gasteiger partial charge in [-0.2, -0.15) is 0 Å². The number of aromatic nitrogens is 1. The van der Waals surface area contributed by atoms with Gasteiger partial charge in [-0.25, -0.2) is 22.2 Å². The van der Waals surface area contributed by atoms with E-state index in [-0.39, 0.29) is 23.5 Å². The molecule has 7 nitrogen and oxygen atoms in total. The van der Waals surface area contributed by atoms with Crippen LogP contribution in [-0.4, -0.2) is 38.0 Å². The van der Waals surface area contributed by atoms with Crippen molar-refractivity contribution in [2.75, 3.05) is 23.0 Å². The molecule has 1 aromatic heterocycles. The molecule has 0 radical (unpaired) electrons. The summed E-state index contributed by atoms with van der Waals surface area (Å²) < 4.78 is 50.3. The maximum Gasteiger partial charge on any atom is 0.231 e. The van der Waals surface area contributed by atoms with E-state index in [1.165, 1.54) is 29.5 Å². The van der Waals surface area contributed by atoms with E-state index in [0.29, 0.717) is 22.5 Å². The highest BCUT2D eigenvalue weighted by atomic mass is 32.2. The second-order valence-electron chi connectivity index (χ2n) is 7.32. The van der Waals surface area contributed by atoms with Crippen LogP contribution in [0.4, 0.5) is 19.6 Å². The maximum absolute atomic E-state index is 14.0. The average Bonchev–Trinajstić information content (AvgIpc) is 3.34.